The molecule has 2 heterocycles. The molecule has 1 aliphatic heterocycles. The largest absolute Gasteiger partial charge is 0.496 e. The minimum atomic E-state index is -0.735. The highest BCUT2D eigenvalue weighted by Gasteiger charge is 2.37. The zero-order chi connectivity index (χ0) is 21.3. The summed E-state index contributed by atoms with van der Waals surface area (Å²) in [7, 11) is 1.61. The number of carbonyl (C=O) groups is 2. The SMILES string of the molecule is COc1ccc(C)cc1-c1csc(NC(=O)C2CCN(c3ccc(Cl)cc3)C2=O)n1. The van der Waals surface area contributed by atoms with E-state index in [2.05, 4.69) is 10.3 Å². The van der Waals surface area contributed by atoms with Crippen LogP contribution in [0.1, 0.15) is 12.0 Å². The van der Waals surface area contributed by atoms with Crippen LogP contribution in [-0.4, -0.2) is 30.5 Å². The molecule has 2 aromatic carbocycles. The van der Waals surface area contributed by atoms with Crippen LogP contribution in [0.2, 0.25) is 5.02 Å². The number of anilines is 2. The highest BCUT2D eigenvalue weighted by atomic mass is 35.5. The van der Waals surface area contributed by atoms with Gasteiger partial charge in [-0.2, -0.15) is 0 Å². The van der Waals surface area contributed by atoms with Gasteiger partial charge in [0, 0.05) is 28.2 Å². The lowest BCUT2D eigenvalue weighted by Gasteiger charge is -2.16. The molecule has 0 bridgehead atoms. The van der Waals surface area contributed by atoms with Gasteiger partial charge in [-0.15, -0.1) is 11.3 Å². The predicted octanol–water partition coefficient (Wildman–Crippen LogP) is 4.77. The Morgan fingerprint density at radius 2 is 2.03 bits per heavy atom. The first-order valence-corrected chi connectivity index (χ1v) is 10.7. The number of carbonyl (C=O) groups excluding carboxylic acids is 2. The smallest absolute Gasteiger partial charge is 0.239 e. The van der Waals surface area contributed by atoms with E-state index >= 15 is 0 Å². The van der Waals surface area contributed by atoms with Crippen molar-refractivity contribution >= 4 is 45.6 Å². The van der Waals surface area contributed by atoms with Gasteiger partial charge >= 0.3 is 0 Å². The summed E-state index contributed by atoms with van der Waals surface area (Å²) in [5.41, 5.74) is 3.41. The van der Waals surface area contributed by atoms with Crippen molar-refractivity contribution in [3.63, 3.8) is 0 Å². The molecule has 1 saturated heterocycles. The number of aryl methyl sites for hydroxylation is 1. The monoisotopic (exact) mass is 441 g/mol. The number of ether oxygens (including phenoxy) is 1. The third-order valence-corrected chi connectivity index (χ3v) is 6.04. The molecule has 30 heavy (non-hydrogen) atoms. The first-order valence-electron chi connectivity index (χ1n) is 9.44. The second kappa shape index (κ2) is 8.45. The molecule has 154 valence electrons. The van der Waals surface area contributed by atoms with Crippen molar-refractivity contribution in [1.82, 2.24) is 4.98 Å². The molecule has 1 fully saturated rings. The number of hydrogen-bond donors (Lipinski definition) is 1. The lowest BCUT2D eigenvalue weighted by molar-refractivity contribution is -0.129. The van der Waals surface area contributed by atoms with E-state index in [9.17, 15) is 9.59 Å². The van der Waals surface area contributed by atoms with E-state index in [1.165, 1.54) is 11.3 Å². The molecule has 0 spiro atoms. The molecule has 2 amide bonds. The number of amides is 2. The Hall–Kier alpha value is -2.90. The van der Waals surface area contributed by atoms with Crippen molar-refractivity contribution in [2.75, 3.05) is 23.9 Å². The van der Waals surface area contributed by atoms with E-state index in [-0.39, 0.29) is 11.8 Å². The first-order chi connectivity index (χ1) is 14.5. The Morgan fingerprint density at radius 1 is 1.27 bits per heavy atom. The van der Waals surface area contributed by atoms with E-state index in [4.69, 9.17) is 16.3 Å². The van der Waals surface area contributed by atoms with Gasteiger partial charge in [-0.05, 0) is 49.7 Å². The van der Waals surface area contributed by atoms with Crippen LogP contribution in [0.25, 0.3) is 11.3 Å². The molecule has 4 rings (SSSR count). The number of nitrogens with zero attached hydrogens (tertiary/aromatic N) is 2. The number of nitrogens with one attached hydrogen (secondary N) is 1. The second-order valence-corrected chi connectivity index (χ2v) is 8.33. The predicted molar refractivity (Wildman–Crippen MR) is 119 cm³/mol. The highest BCUT2D eigenvalue weighted by molar-refractivity contribution is 7.14. The summed E-state index contributed by atoms with van der Waals surface area (Å²) >= 11 is 7.24. The number of benzene rings is 2. The molecule has 3 aromatic rings. The maximum atomic E-state index is 12.8. The topological polar surface area (TPSA) is 71.5 Å². The van der Waals surface area contributed by atoms with Crippen LogP contribution < -0.4 is 15.0 Å². The van der Waals surface area contributed by atoms with Crippen molar-refractivity contribution in [2.24, 2.45) is 5.92 Å². The Kier molecular flexibility index (Phi) is 5.74. The van der Waals surface area contributed by atoms with Crippen LogP contribution in [0.3, 0.4) is 0 Å². The van der Waals surface area contributed by atoms with E-state index < -0.39 is 5.92 Å². The fourth-order valence-electron chi connectivity index (χ4n) is 3.47. The molecule has 8 heteroatoms. The molecular formula is C22H20ClN3O3S. The zero-order valence-electron chi connectivity index (χ0n) is 16.5. The molecule has 0 radical (unpaired) electrons. The van der Waals surface area contributed by atoms with E-state index in [0.29, 0.717) is 28.9 Å². The Balaban J connectivity index is 1.47. The number of halogens is 1. The van der Waals surface area contributed by atoms with Gasteiger partial charge in [-0.1, -0.05) is 23.2 Å². The fourth-order valence-corrected chi connectivity index (χ4v) is 4.31. The van der Waals surface area contributed by atoms with Crippen LogP contribution in [0, 0.1) is 12.8 Å². The molecule has 1 N–H and O–H groups in total. The Morgan fingerprint density at radius 3 is 2.77 bits per heavy atom. The minimum Gasteiger partial charge on any atom is -0.496 e. The third kappa shape index (κ3) is 4.04. The third-order valence-electron chi connectivity index (χ3n) is 5.03. The van der Waals surface area contributed by atoms with Crippen LogP contribution >= 0.6 is 22.9 Å². The maximum Gasteiger partial charge on any atom is 0.239 e. The van der Waals surface area contributed by atoms with Gasteiger partial charge in [0.15, 0.2) is 5.13 Å². The minimum absolute atomic E-state index is 0.216. The summed E-state index contributed by atoms with van der Waals surface area (Å²) in [6.07, 6.45) is 0.456. The van der Waals surface area contributed by atoms with Crippen LogP contribution in [0.15, 0.2) is 47.8 Å². The van der Waals surface area contributed by atoms with Crippen molar-refractivity contribution in [2.45, 2.75) is 13.3 Å². The number of aromatic nitrogens is 1. The number of thiazole rings is 1. The van der Waals surface area contributed by atoms with E-state index in [1.54, 1.807) is 36.3 Å². The quantitative estimate of drug-likeness (QED) is 0.579. The van der Waals surface area contributed by atoms with Gasteiger partial charge < -0.3 is 15.0 Å². The molecule has 1 unspecified atom stereocenters. The summed E-state index contributed by atoms with van der Waals surface area (Å²) in [6, 6.07) is 12.9. The molecule has 0 aliphatic carbocycles. The van der Waals surface area contributed by atoms with E-state index in [0.717, 1.165) is 22.5 Å². The summed E-state index contributed by atoms with van der Waals surface area (Å²) < 4.78 is 5.42. The number of methoxy groups -OCH3 is 1. The van der Waals surface area contributed by atoms with Gasteiger partial charge in [0.05, 0.1) is 12.8 Å². The van der Waals surface area contributed by atoms with Crippen molar-refractivity contribution in [3.8, 4) is 17.0 Å². The Labute approximate surface area is 183 Å². The summed E-state index contributed by atoms with van der Waals surface area (Å²) in [5.74, 6) is -0.574. The average Bonchev–Trinajstić information content (AvgIpc) is 3.35. The molecular weight excluding hydrogens is 422 g/mol. The lowest BCUT2D eigenvalue weighted by atomic mass is 10.1. The van der Waals surface area contributed by atoms with Crippen molar-refractivity contribution < 1.29 is 14.3 Å². The summed E-state index contributed by atoms with van der Waals surface area (Å²) in [5, 5.41) is 5.72. The lowest BCUT2D eigenvalue weighted by Crippen LogP contribution is -2.33. The van der Waals surface area contributed by atoms with Gasteiger partial charge in [0.25, 0.3) is 0 Å². The normalized spacial score (nSPS) is 16.0. The van der Waals surface area contributed by atoms with Crippen LogP contribution in [-0.2, 0) is 9.59 Å². The van der Waals surface area contributed by atoms with Gasteiger partial charge in [-0.3, -0.25) is 9.59 Å². The second-order valence-electron chi connectivity index (χ2n) is 7.04. The van der Waals surface area contributed by atoms with Gasteiger partial charge in [0.2, 0.25) is 11.8 Å². The van der Waals surface area contributed by atoms with E-state index in [1.807, 2.05) is 30.5 Å². The summed E-state index contributed by atoms with van der Waals surface area (Å²) in [4.78, 5) is 31.6. The number of rotatable bonds is 5. The molecule has 1 aromatic heterocycles. The highest BCUT2D eigenvalue weighted by Crippen LogP contribution is 2.33. The standard InChI is InChI=1S/C22H20ClN3O3S/c1-13-3-8-19(29-2)17(11-13)18-12-30-22(24-18)25-20(27)16-9-10-26(21(16)28)15-6-4-14(23)5-7-15/h3-8,11-12,16H,9-10H2,1-2H3,(H,24,25,27). The Bertz CT molecular complexity index is 1100. The van der Waals surface area contributed by atoms with Crippen molar-refractivity contribution in [1.29, 1.82) is 0 Å². The molecule has 1 aliphatic rings. The van der Waals surface area contributed by atoms with Gasteiger partial charge in [-0.25, -0.2) is 4.98 Å². The van der Waals surface area contributed by atoms with Crippen molar-refractivity contribution in [3.05, 3.63) is 58.4 Å². The molecule has 0 saturated carbocycles. The van der Waals surface area contributed by atoms with Gasteiger partial charge in [0.1, 0.15) is 11.7 Å². The molecule has 6 nitrogen and oxygen atoms in total. The summed E-state index contributed by atoms with van der Waals surface area (Å²) in [6.45, 7) is 2.48. The average molecular weight is 442 g/mol. The maximum absolute atomic E-state index is 12.8. The first kappa shape index (κ1) is 20.4. The van der Waals surface area contributed by atoms with Crippen LogP contribution in [0.4, 0.5) is 10.8 Å². The zero-order valence-corrected chi connectivity index (χ0v) is 18.1. The fraction of sp³-hybridized carbons (Fsp3) is 0.227. The van der Waals surface area contributed by atoms with Crippen LogP contribution in [0.5, 0.6) is 5.75 Å². The number of hydrogen-bond acceptors (Lipinski definition) is 5. The molecule has 1 atom stereocenters.